The van der Waals surface area contributed by atoms with E-state index in [9.17, 15) is 4.79 Å². The largest absolute Gasteiger partial charge is 0.433 e. The molecule has 2 aromatic rings. The third-order valence-corrected chi connectivity index (χ3v) is 7.89. The predicted molar refractivity (Wildman–Crippen MR) is 109 cm³/mol. The summed E-state index contributed by atoms with van der Waals surface area (Å²) >= 11 is 0. The maximum absolute atomic E-state index is 12.7. The Hall–Kier alpha value is -2.29. The van der Waals surface area contributed by atoms with Crippen molar-refractivity contribution in [3.05, 3.63) is 65.7 Å². The number of rotatable bonds is 3. The van der Waals surface area contributed by atoms with Gasteiger partial charge in [0.2, 0.25) is 0 Å². The number of nitrogens with one attached hydrogen (secondary N) is 1. The lowest BCUT2D eigenvalue weighted by molar-refractivity contribution is -0.0961. The molecule has 5 aliphatic rings. The van der Waals surface area contributed by atoms with Crippen molar-refractivity contribution in [2.24, 2.45) is 23.2 Å². The average molecular weight is 373 g/mol. The van der Waals surface area contributed by atoms with Crippen molar-refractivity contribution < 1.29 is 9.53 Å². The number of hydrogen-bond acceptors (Lipinski definition) is 2. The molecule has 3 heteroatoms. The first-order chi connectivity index (χ1) is 13.6. The fourth-order valence-electron chi connectivity index (χ4n) is 7.48. The number of anilines is 1. The standard InChI is InChI=1S/C25H27NO2/c27-23-26-22-9-5-4-8-21(22)25(28-23,20-6-2-1-3-7-20)16-24-13-17-10-18(14-24)12-19(11-17)15-24/h1-9,17-19H,10-16H2,(H,26,27). The summed E-state index contributed by atoms with van der Waals surface area (Å²) in [6, 6.07) is 18.6. The van der Waals surface area contributed by atoms with Gasteiger partial charge in [-0.25, -0.2) is 4.79 Å². The summed E-state index contributed by atoms with van der Waals surface area (Å²) in [4.78, 5) is 12.7. The first-order valence-corrected chi connectivity index (χ1v) is 10.8. The van der Waals surface area contributed by atoms with E-state index in [1.165, 1.54) is 38.5 Å². The summed E-state index contributed by atoms with van der Waals surface area (Å²) in [6.45, 7) is 0. The van der Waals surface area contributed by atoms with Crippen molar-refractivity contribution in [2.75, 3.05) is 5.32 Å². The zero-order chi connectivity index (χ0) is 18.8. The number of amides is 1. The van der Waals surface area contributed by atoms with E-state index in [0.29, 0.717) is 5.41 Å². The third kappa shape index (κ3) is 2.45. The van der Waals surface area contributed by atoms with Crippen LogP contribution in [-0.2, 0) is 10.3 Å². The Labute approximate surface area is 166 Å². The molecule has 1 aliphatic heterocycles. The molecule has 2 aromatic carbocycles. The van der Waals surface area contributed by atoms with Crippen LogP contribution in [0.15, 0.2) is 54.6 Å². The second-order valence-corrected chi connectivity index (χ2v) is 9.85. The molecule has 4 aliphatic carbocycles. The molecule has 28 heavy (non-hydrogen) atoms. The fraction of sp³-hybridized carbons (Fsp3) is 0.480. The maximum atomic E-state index is 12.7. The van der Waals surface area contributed by atoms with Crippen LogP contribution in [0.2, 0.25) is 0 Å². The SMILES string of the molecule is O=C1Nc2ccccc2C(CC23CC4CC(CC(C4)C2)C3)(c2ccccc2)O1. The number of fused-ring (bicyclic) bond motifs is 1. The van der Waals surface area contributed by atoms with Crippen LogP contribution in [-0.4, -0.2) is 6.09 Å². The van der Waals surface area contributed by atoms with Gasteiger partial charge in [0.05, 0.1) is 5.69 Å². The quantitative estimate of drug-likeness (QED) is 0.706. The van der Waals surface area contributed by atoms with Crippen molar-refractivity contribution in [3.63, 3.8) is 0 Å². The molecule has 4 saturated carbocycles. The molecule has 4 fully saturated rings. The van der Waals surface area contributed by atoms with Crippen molar-refractivity contribution in [1.29, 1.82) is 0 Å². The van der Waals surface area contributed by atoms with Gasteiger partial charge < -0.3 is 4.74 Å². The lowest BCUT2D eigenvalue weighted by Crippen LogP contribution is -2.51. The molecular formula is C25H27NO2. The summed E-state index contributed by atoms with van der Waals surface area (Å²) < 4.78 is 6.28. The molecular weight excluding hydrogens is 346 g/mol. The highest BCUT2D eigenvalue weighted by Crippen LogP contribution is 2.64. The molecule has 1 heterocycles. The van der Waals surface area contributed by atoms with Crippen LogP contribution in [0.25, 0.3) is 0 Å². The summed E-state index contributed by atoms with van der Waals surface area (Å²) in [6.07, 6.45) is 8.79. The van der Waals surface area contributed by atoms with Gasteiger partial charge in [-0.2, -0.15) is 0 Å². The van der Waals surface area contributed by atoms with E-state index >= 15 is 0 Å². The number of hydrogen-bond donors (Lipinski definition) is 1. The van der Waals surface area contributed by atoms with Crippen LogP contribution in [0.5, 0.6) is 0 Å². The van der Waals surface area contributed by atoms with Crippen molar-refractivity contribution in [1.82, 2.24) is 0 Å². The molecule has 4 bridgehead atoms. The highest BCUT2D eigenvalue weighted by atomic mass is 16.6. The second kappa shape index (κ2) is 5.85. The zero-order valence-electron chi connectivity index (χ0n) is 16.2. The van der Waals surface area contributed by atoms with E-state index in [2.05, 4.69) is 41.7 Å². The van der Waals surface area contributed by atoms with Crippen molar-refractivity contribution in [3.8, 4) is 0 Å². The highest BCUT2D eigenvalue weighted by Gasteiger charge is 2.56. The van der Waals surface area contributed by atoms with Crippen LogP contribution in [0, 0.1) is 23.2 Å². The molecule has 3 nitrogen and oxygen atoms in total. The lowest BCUT2D eigenvalue weighted by Gasteiger charge is -2.59. The van der Waals surface area contributed by atoms with Gasteiger partial charge in [-0.1, -0.05) is 48.5 Å². The van der Waals surface area contributed by atoms with E-state index < -0.39 is 5.60 Å². The molecule has 1 N–H and O–H groups in total. The van der Waals surface area contributed by atoms with E-state index in [-0.39, 0.29) is 6.09 Å². The Morgan fingerprint density at radius 1 is 0.857 bits per heavy atom. The van der Waals surface area contributed by atoms with Gasteiger partial charge in [-0.05, 0) is 67.8 Å². The summed E-state index contributed by atoms with van der Waals surface area (Å²) in [5.41, 5.74) is 2.72. The Morgan fingerprint density at radius 2 is 1.46 bits per heavy atom. The minimum atomic E-state index is -0.689. The minimum Gasteiger partial charge on any atom is -0.433 e. The monoisotopic (exact) mass is 373 g/mol. The van der Waals surface area contributed by atoms with E-state index in [4.69, 9.17) is 4.74 Å². The molecule has 7 rings (SSSR count). The molecule has 0 saturated heterocycles. The third-order valence-electron chi connectivity index (χ3n) is 7.89. The molecule has 1 amide bonds. The molecule has 0 aromatic heterocycles. The smallest absolute Gasteiger partial charge is 0.412 e. The van der Waals surface area contributed by atoms with E-state index in [1.54, 1.807) is 0 Å². The fourth-order valence-corrected chi connectivity index (χ4v) is 7.48. The van der Waals surface area contributed by atoms with Gasteiger partial charge >= 0.3 is 6.09 Å². The zero-order valence-corrected chi connectivity index (χ0v) is 16.2. The predicted octanol–water partition coefficient (Wildman–Crippen LogP) is 6.10. The van der Waals surface area contributed by atoms with Crippen LogP contribution in [0.4, 0.5) is 10.5 Å². The van der Waals surface area contributed by atoms with Crippen LogP contribution in [0.3, 0.4) is 0 Å². The molecule has 144 valence electrons. The number of ether oxygens (including phenoxy) is 1. The molecule has 1 unspecified atom stereocenters. The van der Waals surface area contributed by atoms with Gasteiger partial charge in [0.25, 0.3) is 0 Å². The maximum Gasteiger partial charge on any atom is 0.412 e. The summed E-state index contributed by atoms with van der Waals surface area (Å²) in [5.74, 6) is 2.64. The minimum absolute atomic E-state index is 0.301. The summed E-state index contributed by atoms with van der Waals surface area (Å²) in [5, 5.41) is 2.93. The van der Waals surface area contributed by atoms with Crippen molar-refractivity contribution >= 4 is 11.8 Å². The second-order valence-electron chi connectivity index (χ2n) is 9.85. The number of benzene rings is 2. The van der Waals surface area contributed by atoms with Crippen LogP contribution in [0.1, 0.15) is 56.1 Å². The number of para-hydroxylation sites is 1. The number of carbonyl (C=O) groups is 1. The van der Waals surface area contributed by atoms with Gasteiger partial charge in [-0.15, -0.1) is 0 Å². The molecule has 0 radical (unpaired) electrons. The number of cyclic esters (lactones) is 1. The van der Waals surface area contributed by atoms with Crippen LogP contribution >= 0.6 is 0 Å². The molecule has 1 atom stereocenters. The normalized spacial score (nSPS) is 37.9. The highest BCUT2D eigenvalue weighted by molar-refractivity contribution is 5.89. The Bertz CT molecular complexity index is 886. The van der Waals surface area contributed by atoms with E-state index in [1.807, 2.05) is 18.2 Å². The summed E-state index contributed by atoms with van der Waals surface area (Å²) in [7, 11) is 0. The first-order valence-electron chi connectivity index (χ1n) is 10.8. The van der Waals surface area contributed by atoms with Gasteiger partial charge in [0.15, 0.2) is 5.60 Å². The average Bonchev–Trinajstić information content (AvgIpc) is 2.67. The lowest BCUT2D eigenvalue weighted by atomic mass is 9.47. The van der Waals surface area contributed by atoms with Gasteiger partial charge in [0.1, 0.15) is 0 Å². The Morgan fingerprint density at radius 3 is 2.14 bits per heavy atom. The Kier molecular flexibility index (Phi) is 3.48. The first kappa shape index (κ1) is 16.6. The van der Waals surface area contributed by atoms with Crippen LogP contribution < -0.4 is 5.32 Å². The van der Waals surface area contributed by atoms with Crippen molar-refractivity contribution in [2.45, 2.75) is 50.5 Å². The van der Waals surface area contributed by atoms with Gasteiger partial charge in [0, 0.05) is 17.5 Å². The van der Waals surface area contributed by atoms with E-state index in [0.717, 1.165) is 41.0 Å². The molecule has 0 spiro atoms. The topological polar surface area (TPSA) is 38.3 Å². The Balaban J connectivity index is 1.51. The van der Waals surface area contributed by atoms with Gasteiger partial charge in [-0.3, -0.25) is 5.32 Å². The number of carbonyl (C=O) groups excluding carboxylic acids is 1.